The molecule has 0 aliphatic rings. The first-order chi connectivity index (χ1) is 21.4. The number of rotatable bonds is 28. The van der Waals surface area contributed by atoms with Crippen molar-refractivity contribution >= 4 is 39.1 Å². The lowest BCUT2D eigenvalue weighted by molar-refractivity contribution is -0.230. The Morgan fingerprint density at radius 2 is 1.62 bits per heavy atom. The third-order valence-electron chi connectivity index (χ3n) is 6.69. The van der Waals surface area contributed by atoms with Crippen LogP contribution < -0.4 is 17.4 Å². The molecule has 17 heteroatoms. The first kappa shape index (κ1) is 43.6. The van der Waals surface area contributed by atoms with Gasteiger partial charge in [0.25, 0.3) is 10.1 Å². The summed E-state index contributed by atoms with van der Waals surface area (Å²) in [5.41, 5.74) is 7.75. The van der Waals surface area contributed by atoms with E-state index >= 15 is 0 Å². The maximum Gasteiger partial charge on any atom is 0.307 e. The minimum Gasteiger partial charge on any atom is -0.437 e. The number of nitrogens with two attached hydrogens (primary N) is 3. The fourth-order valence-electron chi connectivity index (χ4n) is 4.02. The Morgan fingerprint density at radius 3 is 2.18 bits per heavy atom. The number of hydrogen-bond donors (Lipinski definition) is 5. The molecule has 0 rings (SSSR count). The van der Waals surface area contributed by atoms with Crippen molar-refractivity contribution in [2.45, 2.75) is 107 Å². The number of allylic oxidation sites excluding steroid dienone is 6. The van der Waals surface area contributed by atoms with Crippen LogP contribution in [0.25, 0.3) is 0 Å². The zero-order chi connectivity index (χ0) is 34.2. The van der Waals surface area contributed by atoms with E-state index in [1.807, 2.05) is 0 Å². The average molecular weight is 779 g/mol. The van der Waals surface area contributed by atoms with Gasteiger partial charge in [-0.2, -0.15) is 23.5 Å². The monoisotopic (exact) mass is 778 g/mol. The number of methoxy groups -OCH3 is 1. The lowest BCUT2D eigenvalue weighted by atomic mass is 9.90. The fourth-order valence-corrected chi connectivity index (χ4v) is 5.23. The fraction of sp³-hybridized carbons (Fsp3) is 0.750. The molecule has 15 nitrogen and oxygen atoms in total. The van der Waals surface area contributed by atoms with E-state index < -0.39 is 71.4 Å². The van der Waals surface area contributed by atoms with E-state index in [4.69, 9.17) is 39.7 Å². The van der Waals surface area contributed by atoms with Gasteiger partial charge >= 0.3 is 5.97 Å². The van der Waals surface area contributed by atoms with E-state index in [2.05, 4.69) is 52.8 Å². The molecule has 0 aliphatic carbocycles. The van der Waals surface area contributed by atoms with Gasteiger partial charge in [-0.05, 0) is 38.5 Å². The van der Waals surface area contributed by atoms with Crippen molar-refractivity contribution in [1.29, 1.82) is 0 Å². The molecule has 0 aromatic rings. The summed E-state index contributed by atoms with van der Waals surface area (Å²) < 4.78 is 49.1. The summed E-state index contributed by atoms with van der Waals surface area (Å²) in [5.74, 6) is 3.10. The molecule has 0 aliphatic heterocycles. The first-order valence-corrected chi connectivity index (χ1v) is 17.3. The summed E-state index contributed by atoms with van der Waals surface area (Å²) in [5, 5.41) is 21.7. The van der Waals surface area contributed by atoms with Crippen LogP contribution in [0.15, 0.2) is 41.6 Å². The van der Waals surface area contributed by atoms with Gasteiger partial charge in [0, 0.05) is 20.0 Å². The van der Waals surface area contributed by atoms with Crippen LogP contribution in [0.3, 0.4) is 0 Å². The van der Waals surface area contributed by atoms with E-state index in [0.717, 1.165) is 52.1 Å². The Labute approximate surface area is 280 Å². The lowest BCUT2D eigenvalue weighted by Gasteiger charge is -2.45. The Morgan fingerprint density at radius 1 is 1.02 bits per heavy atom. The molecular formula is C28H51IN4O11S. The smallest absolute Gasteiger partial charge is 0.307 e. The maximum absolute atomic E-state index is 13.0. The van der Waals surface area contributed by atoms with E-state index in [0.29, 0.717) is 12.8 Å². The van der Waals surface area contributed by atoms with Crippen molar-refractivity contribution in [1.82, 2.24) is 0 Å². The van der Waals surface area contributed by atoms with Crippen LogP contribution in [0.2, 0.25) is 0 Å². The highest BCUT2D eigenvalue weighted by molar-refractivity contribution is 14.1. The van der Waals surface area contributed by atoms with Gasteiger partial charge in [0.05, 0.1) is 19.0 Å². The highest BCUT2D eigenvalue weighted by Crippen LogP contribution is 2.35. The molecule has 45 heavy (non-hydrogen) atoms. The number of ether oxygens (including phenoxy) is 3. The molecule has 8 N–H and O–H groups in total. The molecule has 0 heterocycles. The third kappa shape index (κ3) is 17.4. The molecule has 0 fully saturated rings. The zero-order valence-corrected chi connectivity index (χ0v) is 29.1. The molecule has 262 valence electrons. The van der Waals surface area contributed by atoms with Gasteiger partial charge in [0.2, 0.25) is 5.72 Å². The Kier molecular flexibility index (Phi) is 24.0. The number of halogens is 1. The molecule has 0 saturated heterocycles. The second kappa shape index (κ2) is 24.7. The number of hydrogen-bond acceptors (Lipinski definition) is 15. The van der Waals surface area contributed by atoms with E-state index in [-0.39, 0.29) is 6.42 Å². The number of unbranched alkanes of at least 4 members (excludes halogenated alkanes) is 5. The van der Waals surface area contributed by atoms with Gasteiger partial charge in [-0.1, -0.05) is 67.8 Å². The summed E-state index contributed by atoms with van der Waals surface area (Å²) in [6, 6.07) is -1.93. The zero-order valence-electron chi connectivity index (χ0n) is 26.1. The molecular weight excluding hydrogens is 727 g/mol. The number of aliphatic hydroxyl groups excluding tert-OH is 2. The number of esters is 1. The maximum atomic E-state index is 13.0. The molecule has 0 amide bonds. The molecule has 0 bridgehead atoms. The molecule has 2 unspecified atom stereocenters. The molecule has 0 aromatic heterocycles. The predicted octanol–water partition coefficient (Wildman–Crippen LogP) is 2.88. The van der Waals surface area contributed by atoms with Crippen LogP contribution in [0.4, 0.5) is 0 Å². The highest BCUT2D eigenvalue weighted by Gasteiger charge is 2.60. The summed E-state index contributed by atoms with van der Waals surface area (Å²) in [6.07, 6.45) is 16.9. The standard InChI is InChI=1S/C28H51IN4O11S/c1-3-4-5-6-7-8-9-10-11-12-13-14-15-16-17-18-24(36)42-28(31,27(30,43-29)19-20-45(38,39)44-32)25(33-37)26(40-2)41-22-23(35)21-34/h4-5,7-8,10-11,23,25-26,34-35H,3,6,9,12-22,30-32H2,1-2H3/b5-4-,8-7-,11-10-/t23?,25?,26-,27-,28-/m1/s1. The molecule has 5 atom stereocenters. The van der Waals surface area contributed by atoms with Crippen LogP contribution >= 0.6 is 23.0 Å². The largest absolute Gasteiger partial charge is 0.437 e. The van der Waals surface area contributed by atoms with Crippen LogP contribution in [0.5, 0.6) is 0 Å². The van der Waals surface area contributed by atoms with Gasteiger partial charge in [-0.15, -0.1) is 0 Å². The Balaban J connectivity index is 5.29. The van der Waals surface area contributed by atoms with E-state index in [1.165, 1.54) is 23.0 Å². The van der Waals surface area contributed by atoms with Gasteiger partial charge in [0.15, 0.2) is 18.1 Å². The van der Waals surface area contributed by atoms with Crippen molar-refractivity contribution in [2.24, 2.45) is 22.5 Å². The SMILES string of the molecule is CC/C=C\C/C=C\C/C=C\CCCCCCCC(=O)O[C@](N)(C(N=O)[C@H](OC)OCC(O)CO)[C@@](N)(CCS(=O)(=O)ON)OI. The van der Waals surface area contributed by atoms with Gasteiger partial charge in [-0.25, -0.2) is 0 Å². The second-order valence-electron chi connectivity index (χ2n) is 10.3. The van der Waals surface area contributed by atoms with Crippen molar-refractivity contribution in [3.05, 3.63) is 41.4 Å². The van der Waals surface area contributed by atoms with Crippen molar-refractivity contribution in [3.8, 4) is 0 Å². The van der Waals surface area contributed by atoms with Crippen molar-refractivity contribution in [2.75, 3.05) is 26.1 Å². The number of nitroso groups, excluding NO2 is 1. The van der Waals surface area contributed by atoms with Gasteiger partial charge < -0.3 is 24.4 Å². The third-order valence-corrected chi connectivity index (χ3v) is 8.47. The van der Waals surface area contributed by atoms with Crippen LogP contribution in [0.1, 0.15) is 77.6 Å². The summed E-state index contributed by atoms with van der Waals surface area (Å²) >= 11 is 1.32. The molecule has 0 spiro atoms. The molecule has 0 radical (unpaired) electrons. The number of nitrogens with zero attached hydrogens (tertiary/aromatic N) is 1. The second-order valence-corrected chi connectivity index (χ2v) is 12.4. The lowest BCUT2D eigenvalue weighted by Crippen LogP contribution is -2.75. The Bertz CT molecular complexity index is 1020. The minimum absolute atomic E-state index is 0.104. The molecule has 0 saturated carbocycles. The summed E-state index contributed by atoms with van der Waals surface area (Å²) in [6.45, 7) is 0.917. The van der Waals surface area contributed by atoms with Gasteiger partial charge in [0.1, 0.15) is 29.1 Å². The molecule has 0 aromatic carbocycles. The number of aliphatic hydroxyl groups is 2. The normalized spacial score (nSPS) is 17.3. The van der Waals surface area contributed by atoms with Crippen molar-refractivity contribution < 1.29 is 45.0 Å². The topological polar surface area (TPSA) is 245 Å². The quantitative estimate of drug-likeness (QED) is 0.0146. The number of carbonyl (C=O) groups excluding carboxylic acids is 1. The van der Waals surface area contributed by atoms with E-state index in [1.54, 1.807) is 0 Å². The van der Waals surface area contributed by atoms with Crippen molar-refractivity contribution in [3.63, 3.8) is 0 Å². The summed E-state index contributed by atoms with van der Waals surface area (Å²) in [4.78, 5) is 25.1. The highest BCUT2D eigenvalue weighted by atomic mass is 127. The number of carbonyl (C=O) groups is 1. The first-order valence-electron chi connectivity index (χ1n) is 14.8. The Hall–Kier alpha value is -1.39. The van der Waals surface area contributed by atoms with Crippen LogP contribution in [-0.4, -0.2) is 80.6 Å². The minimum atomic E-state index is -4.30. The van der Waals surface area contributed by atoms with E-state index in [9.17, 15) is 23.2 Å². The van der Waals surface area contributed by atoms with Gasteiger partial charge in [-0.3, -0.25) is 19.3 Å². The predicted molar refractivity (Wildman–Crippen MR) is 177 cm³/mol. The van der Waals surface area contributed by atoms with Crippen LogP contribution in [-0.2, 0) is 36.5 Å². The van der Waals surface area contributed by atoms with Crippen LogP contribution in [0, 0.1) is 4.91 Å². The average Bonchev–Trinajstić information content (AvgIpc) is 3.03. The summed E-state index contributed by atoms with van der Waals surface area (Å²) in [7, 11) is -3.18.